The van der Waals surface area contributed by atoms with Crippen molar-refractivity contribution >= 4 is 34.0 Å². The molecular formula is C20H20N4O3. The van der Waals surface area contributed by atoms with Crippen LogP contribution >= 0.6 is 0 Å². The maximum absolute atomic E-state index is 12.6. The van der Waals surface area contributed by atoms with Crippen molar-refractivity contribution in [2.45, 2.75) is 12.8 Å². The standard InChI is InChI=1S/C20H20N4O3/c1-26-9-8-23-20(25)19-18(15-6-7-22-11-17(15)27-19)24-13-3-4-14-12(10-13)2-5-16(14)21/h3-4,6-7,10-11,21,24H,2,5,8-9H2,1H3,(H,23,25). The molecule has 0 spiro atoms. The van der Waals surface area contributed by atoms with Gasteiger partial charge < -0.3 is 25.2 Å². The molecule has 1 aliphatic carbocycles. The number of rotatable bonds is 6. The van der Waals surface area contributed by atoms with Crippen LogP contribution in [0.2, 0.25) is 0 Å². The van der Waals surface area contributed by atoms with Crippen LogP contribution in [0.3, 0.4) is 0 Å². The normalized spacial score (nSPS) is 13.0. The number of ether oxygens (including phenoxy) is 1. The van der Waals surface area contributed by atoms with Crippen molar-refractivity contribution in [3.63, 3.8) is 0 Å². The second-order valence-corrected chi connectivity index (χ2v) is 6.40. The minimum absolute atomic E-state index is 0.211. The summed E-state index contributed by atoms with van der Waals surface area (Å²) in [6, 6.07) is 7.72. The van der Waals surface area contributed by atoms with Gasteiger partial charge in [-0.15, -0.1) is 0 Å². The van der Waals surface area contributed by atoms with Gasteiger partial charge in [0.1, 0.15) is 0 Å². The highest BCUT2D eigenvalue weighted by Crippen LogP contribution is 2.34. The molecule has 0 bridgehead atoms. The zero-order valence-electron chi connectivity index (χ0n) is 15.0. The smallest absolute Gasteiger partial charge is 0.289 e. The number of furan rings is 1. The van der Waals surface area contributed by atoms with E-state index in [0.29, 0.717) is 30.1 Å². The number of amides is 1. The Balaban J connectivity index is 1.69. The monoisotopic (exact) mass is 364 g/mol. The van der Waals surface area contributed by atoms with Crippen molar-refractivity contribution in [2.75, 3.05) is 25.6 Å². The molecule has 1 amide bonds. The van der Waals surface area contributed by atoms with Crippen molar-refractivity contribution < 1.29 is 13.9 Å². The quantitative estimate of drug-likeness (QED) is 0.583. The summed E-state index contributed by atoms with van der Waals surface area (Å²) in [5, 5.41) is 14.9. The molecular weight excluding hydrogens is 344 g/mol. The SMILES string of the molecule is COCCNC(=O)c1oc2cnccc2c1Nc1ccc2c(c1)CCC2=N. The first kappa shape index (κ1) is 17.2. The Kier molecular flexibility index (Phi) is 4.60. The van der Waals surface area contributed by atoms with Crippen LogP contribution in [-0.2, 0) is 11.2 Å². The summed E-state index contributed by atoms with van der Waals surface area (Å²) in [5.74, 6) is -0.101. The Labute approximate surface area is 156 Å². The van der Waals surface area contributed by atoms with Gasteiger partial charge in [0, 0.05) is 36.6 Å². The third kappa shape index (κ3) is 3.29. The van der Waals surface area contributed by atoms with Gasteiger partial charge >= 0.3 is 0 Å². The highest BCUT2D eigenvalue weighted by Gasteiger charge is 2.22. The fourth-order valence-electron chi connectivity index (χ4n) is 3.29. The molecule has 0 saturated heterocycles. The molecule has 2 heterocycles. The number of methoxy groups -OCH3 is 1. The highest BCUT2D eigenvalue weighted by atomic mass is 16.5. The molecule has 1 aliphatic rings. The molecule has 3 N–H and O–H groups in total. The molecule has 7 heteroatoms. The fourth-order valence-corrected chi connectivity index (χ4v) is 3.29. The number of aromatic nitrogens is 1. The van der Waals surface area contributed by atoms with Gasteiger partial charge in [0.05, 0.1) is 18.5 Å². The summed E-state index contributed by atoms with van der Waals surface area (Å²) in [6.07, 6.45) is 4.90. The summed E-state index contributed by atoms with van der Waals surface area (Å²) in [7, 11) is 1.58. The second kappa shape index (κ2) is 7.20. The average molecular weight is 364 g/mol. The van der Waals surface area contributed by atoms with E-state index in [1.165, 1.54) is 0 Å². The van der Waals surface area contributed by atoms with E-state index in [0.717, 1.165) is 35.0 Å². The first-order valence-electron chi connectivity index (χ1n) is 8.79. The van der Waals surface area contributed by atoms with Crippen molar-refractivity contribution in [3.8, 4) is 0 Å². The van der Waals surface area contributed by atoms with Gasteiger partial charge in [0.15, 0.2) is 5.58 Å². The number of pyridine rings is 1. The molecule has 27 heavy (non-hydrogen) atoms. The lowest BCUT2D eigenvalue weighted by Gasteiger charge is -2.09. The highest BCUT2D eigenvalue weighted by molar-refractivity contribution is 6.07. The Bertz CT molecular complexity index is 1030. The van der Waals surface area contributed by atoms with Gasteiger partial charge in [-0.3, -0.25) is 9.78 Å². The van der Waals surface area contributed by atoms with E-state index < -0.39 is 0 Å². The molecule has 1 aromatic carbocycles. The summed E-state index contributed by atoms with van der Waals surface area (Å²) in [6.45, 7) is 0.818. The second-order valence-electron chi connectivity index (χ2n) is 6.40. The summed E-state index contributed by atoms with van der Waals surface area (Å²) in [4.78, 5) is 16.6. The molecule has 138 valence electrons. The Morgan fingerprint density at radius 2 is 2.22 bits per heavy atom. The number of hydrogen-bond donors (Lipinski definition) is 3. The topological polar surface area (TPSA) is 100 Å². The lowest BCUT2D eigenvalue weighted by molar-refractivity contribution is 0.0913. The van der Waals surface area contributed by atoms with E-state index in [9.17, 15) is 4.79 Å². The van der Waals surface area contributed by atoms with Crippen molar-refractivity contribution in [1.29, 1.82) is 5.41 Å². The van der Waals surface area contributed by atoms with Gasteiger partial charge in [-0.2, -0.15) is 0 Å². The number of carbonyl (C=O) groups is 1. The number of benzene rings is 1. The van der Waals surface area contributed by atoms with Crippen LogP contribution in [0.15, 0.2) is 41.1 Å². The van der Waals surface area contributed by atoms with Crippen molar-refractivity contribution in [3.05, 3.63) is 53.5 Å². The number of nitrogens with zero attached hydrogens (tertiary/aromatic N) is 1. The van der Waals surface area contributed by atoms with E-state index in [1.54, 1.807) is 19.5 Å². The molecule has 0 atom stereocenters. The number of anilines is 2. The van der Waals surface area contributed by atoms with Gasteiger partial charge in [0.2, 0.25) is 5.76 Å². The maximum Gasteiger partial charge on any atom is 0.289 e. The predicted octanol–water partition coefficient (Wildman–Crippen LogP) is 3.26. The van der Waals surface area contributed by atoms with Gasteiger partial charge in [-0.1, -0.05) is 6.07 Å². The molecule has 0 saturated carbocycles. The third-order valence-electron chi connectivity index (χ3n) is 4.63. The van der Waals surface area contributed by atoms with E-state index in [4.69, 9.17) is 14.6 Å². The van der Waals surface area contributed by atoms with Gasteiger partial charge in [0.25, 0.3) is 5.91 Å². The summed E-state index contributed by atoms with van der Waals surface area (Å²) in [5.41, 5.74) is 4.82. The van der Waals surface area contributed by atoms with Crippen LogP contribution in [-0.4, -0.2) is 36.9 Å². The average Bonchev–Trinajstić information content (AvgIpc) is 3.23. The first-order valence-corrected chi connectivity index (χ1v) is 8.79. The van der Waals surface area contributed by atoms with E-state index in [1.807, 2.05) is 24.3 Å². The number of fused-ring (bicyclic) bond motifs is 2. The van der Waals surface area contributed by atoms with E-state index in [2.05, 4.69) is 15.6 Å². The van der Waals surface area contributed by atoms with Crippen LogP contribution in [0.25, 0.3) is 11.0 Å². The Hall–Kier alpha value is -3.19. The zero-order valence-corrected chi connectivity index (χ0v) is 15.0. The number of hydrogen-bond acceptors (Lipinski definition) is 6. The first-order chi connectivity index (χ1) is 13.2. The molecule has 0 unspecified atom stereocenters. The van der Waals surface area contributed by atoms with Crippen LogP contribution in [0.4, 0.5) is 11.4 Å². The fraction of sp³-hybridized carbons (Fsp3) is 0.250. The van der Waals surface area contributed by atoms with Crippen LogP contribution in [0.5, 0.6) is 0 Å². The van der Waals surface area contributed by atoms with Crippen LogP contribution < -0.4 is 10.6 Å². The lowest BCUT2D eigenvalue weighted by atomic mass is 10.1. The zero-order chi connectivity index (χ0) is 18.8. The molecule has 0 aliphatic heterocycles. The molecule has 0 fully saturated rings. The van der Waals surface area contributed by atoms with Crippen molar-refractivity contribution in [1.82, 2.24) is 10.3 Å². The molecule has 4 rings (SSSR count). The number of carbonyl (C=O) groups excluding carboxylic acids is 1. The number of nitrogens with one attached hydrogen (secondary N) is 3. The molecule has 0 radical (unpaired) electrons. The van der Waals surface area contributed by atoms with E-state index in [-0.39, 0.29) is 11.7 Å². The third-order valence-corrected chi connectivity index (χ3v) is 4.63. The largest absolute Gasteiger partial charge is 0.447 e. The van der Waals surface area contributed by atoms with Gasteiger partial charge in [-0.25, -0.2) is 0 Å². The van der Waals surface area contributed by atoms with Crippen LogP contribution in [0.1, 0.15) is 28.1 Å². The minimum Gasteiger partial charge on any atom is -0.447 e. The van der Waals surface area contributed by atoms with Crippen molar-refractivity contribution in [2.24, 2.45) is 0 Å². The summed E-state index contributed by atoms with van der Waals surface area (Å²) >= 11 is 0. The molecule has 7 nitrogen and oxygen atoms in total. The maximum atomic E-state index is 12.6. The Morgan fingerprint density at radius 1 is 1.33 bits per heavy atom. The van der Waals surface area contributed by atoms with Gasteiger partial charge in [-0.05, 0) is 42.2 Å². The van der Waals surface area contributed by atoms with Crippen LogP contribution in [0, 0.1) is 5.41 Å². The molecule has 3 aromatic rings. The minimum atomic E-state index is -0.311. The number of aryl methyl sites for hydroxylation is 1. The lowest BCUT2D eigenvalue weighted by Crippen LogP contribution is -2.27. The summed E-state index contributed by atoms with van der Waals surface area (Å²) < 4.78 is 10.7. The Morgan fingerprint density at radius 3 is 3.07 bits per heavy atom. The van der Waals surface area contributed by atoms with E-state index >= 15 is 0 Å². The molecule has 2 aromatic heterocycles. The predicted molar refractivity (Wildman–Crippen MR) is 103 cm³/mol.